The second kappa shape index (κ2) is 5.00. The molecule has 6 nitrogen and oxygen atoms in total. The number of para-hydroxylation sites is 1. The van der Waals surface area contributed by atoms with Crippen molar-refractivity contribution < 1.29 is 14.4 Å². The van der Waals surface area contributed by atoms with Crippen LogP contribution in [0.4, 0.5) is 11.4 Å². The maximum Gasteiger partial charge on any atom is 0.259 e. The monoisotopic (exact) mass is 295 g/mol. The summed E-state index contributed by atoms with van der Waals surface area (Å²) in [6.07, 6.45) is 0. The van der Waals surface area contributed by atoms with Gasteiger partial charge in [0, 0.05) is 11.4 Å². The van der Waals surface area contributed by atoms with Crippen molar-refractivity contribution in [3.05, 3.63) is 58.7 Å². The Labute approximate surface area is 126 Å². The fourth-order valence-corrected chi connectivity index (χ4v) is 2.32. The number of fused-ring (bicyclic) bond motifs is 1. The van der Waals surface area contributed by atoms with Gasteiger partial charge in [-0.2, -0.15) is 0 Å². The van der Waals surface area contributed by atoms with Gasteiger partial charge < -0.3 is 11.1 Å². The van der Waals surface area contributed by atoms with E-state index in [2.05, 4.69) is 10.6 Å². The number of hydrogen-bond donors (Lipinski definition) is 3. The molecule has 6 heteroatoms. The van der Waals surface area contributed by atoms with Gasteiger partial charge in [-0.1, -0.05) is 12.1 Å². The summed E-state index contributed by atoms with van der Waals surface area (Å²) in [4.78, 5) is 35.4. The first-order valence-electron chi connectivity index (χ1n) is 6.63. The highest BCUT2D eigenvalue weighted by Crippen LogP contribution is 2.22. The van der Waals surface area contributed by atoms with Crippen LogP contribution >= 0.6 is 0 Å². The first kappa shape index (κ1) is 13.8. The molecule has 110 valence electrons. The lowest BCUT2D eigenvalue weighted by atomic mass is 10.1. The molecule has 1 aliphatic heterocycles. The minimum atomic E-state index is -0.467. The van der Waals surface area contributed by atoms with E-state index in [0.29, 0.717) is 22.5 Å². The first-order valence-corrected chi connectivity index (χ1v) is 6.63. The van der Waals surface area contributed by atoms with E-state index in [1.54, 1.807) is 18.2 Å². The molecule has 0 radical (unpaired) electrons. The van der Waals surface area contributed by atoms with Gasteiger partial charge in [-0.15, -0.1) is 0 Å². The smallest absolute Gasteiger partial charge is 0.259 e. The van der Waals surface area contributed by atoms with E-state index in [1.165, 1.54) is 12.1 Å². The van der Waals surface area contributed by atoms with Crippen LogP contribution in [0.25, 0.3) is 0 Å². The number of aryl methyl sites for hydroxylation is 1. The standard InChI is InChI=1S/C16H13N3O3/c1-8-3-2-4-11(13(8)17)15(21)18-9-5-6-10-12(7-9)16(22)19-14(10)20/h2-7H,17H2,1H3,(H,18,21)(H,19,20,22). The molecule has 0 unspecified atom stereocenters. The molecule has 2 aromatic carbocycles. The number of hydrogen-bond acceptors (Lipinski definition) is 4. The number of imide groups is 1. The molecule has 0 aromatic heterocycles. The molecular weight excluding hydrogens is 282 g/mol. The van der Waals surface area contributed by atoms with Crippen LogP contribution in [0.5, 0.6) is 0 Å². The molecule has 2 aromatic rings. The lowest BCUT2D eigenvalue weighted by Crippen LogP contribution is -2.19. The van der Waals surface area contributed by atoms with Gasteiger partial charge in [-0.3, -0.25) is 19.7 Å². The number of carbonyl (C=O) groups is 3. The minimum absolute atomic E-state index is 0.250. The molecule has 0 saturated heterocycles. The Kier molecular flexibility index (Phi) is 3.14. The van der Waals surface area contributed by atoms with E-state index in [-0.39, 0.29) is 11.5 Å². The van der Waals surface area contributed by atoms with E-state index in [9.17, 15) is 14.4 Å². The van der Waals surface area contributed by atoms with Crippen LogP contribution in [0, 0.1) is 6.92 Å². The Morgan fingerprint density at radius 2 is 1.82 bits per heavy atom. The third-order valence-corrected chi connectivity index (χ3v) is 3.56. The highest BCUT2D eigenvalue weighted by molar-refractivity contribution is 6.22. The fraction of sp³-hybridized carbons (Fsp3) is 0.0625. The Hall–Kier alpha value is -3.15. The number of nitrogens with two attached hydrogens (primary N) is 1. The molecule has 22 heavy (non-hydrogen) atoms. The number of nitrogens with one attached hydrogen (secondary N) is 2. The molecular formula is C16H13N3O3. The predicted molar refractivity (Wildman–Crippen MR) is 81.8 cm³/mol. The Morgan fingerprint density at radius 1 is 1.09 bits per heavy atom. The quantitative estimate of drug-likeness (QED) is 0.580. The summed E-state index contributed by atoms with van der Waals surface area (Å²) in [5.41, 5.74) is 8.46. The average molecular weight is 295 g/mol. The van der Waals surface area contributed by atoms with Crippen molar-refractivity contribution >= 4 is 29.1 Å². The summed E-state index contributed by atoms with van der Waals surface area (Å²) in [5, 5.41) is 4.88. The molecule has 0 bridgehead atoms. The maximum absolute atomic E-state index is 12.3. The molecule has 3 rings (SSSR count). The zero-order valence-electron chi connectivity index (χ0n) is 11.8. The SMILES string of the molecule is Cc1cccc(C(=O)Nc2ccc3c(c2)C(=O)NC3=O)c1N. The van der Waals surface area contributed by atoms with Crippen molar-refractivity contribution in [2.45, 2.75) is 6.92 Å². The highest BCUT2D eigenvalue weighted by Gasteiger charge is 2.26. The third-order valence-electron chi connectivity index (χ3n) is 3.56. The fourth-order valence-electron chi connectivity index (χ4n) is 2.32. The average Bonchev–Trinajstić information content (AvgIpc) is 2.76. The number of anilines is 2. The van der Waals surface area contributed by atoms with Gasteiger partial charge in [0.25, 0.3) is 17.7 Å². The molecule has 1 aliphatic rings. The van der Waals surface area contributed by atoms with Crippen molar-refractivity contribution in [2.75, 3.05) is 11.1 Å². The third kappa shape index (κ3) is 2.20. The number of nitrogen functional groups attached to an aromatic ring is 1. The zero-order chi connectivity index (χ0) is 15.9. The van der Waals surface area contributed by atoms with Gasteiger partial charge in [0.2, 0.25) is 0 Å². The number of carbonyl (C=O) groups excluding carboxylic acids is 3. The van der Waals surface area contributed by atoms with Crippen LogP contribution < -0.4 is 16.4 Å². The lowest BCUT2D eigenvalue weighted by Gasteiger charge is -2.09. The molecule has 0 saturated carbocycles. The Morgan fingerprint density at radius 3 is 2.59 bits per heavy atom. The van der Waals surface area contributed by atoms with Gasteiger partial charge in [0.15, 0.2) is 0 Å². The summed E-state index contributed by atoms with van der Waals surface area (Å²) in [5.74, 6) is -1.27. The zero-order valence-corrected chi connectivity index (χ0v) is 11.8. The van der Waals surface area contributed by atoms with E-state index in [0.717, 1.165) is 5.56 Å². The summed E-state index contributed by atoms with van der Waals surface area (Å²) in [6, 6.07) is 9.74. The second-order valence-corrected chi connectivity index (χ2v) is 5.03. The van der Waals surface area contributed by atoms with Crippen LogP contribution in [0.1, 0.15) is 36.6 Å². The maximum atomic E-state index is 12.3. The molecule has 0 aliphatic carbocycles. The lowest BCUT2D eigenvalue weighted by molar-refractivity contribution is 0.0878. The minimum Gasteiger partial charge on any atom is -0.398 e. The number of amides is 3. The first-order chi connectivity index (χ1) is 10.5. The molecule has 4 N–H and O–H groups in total. The van der Waals surface area contributed by atoms with Crippen LogP contribution in [0.2, 0.25) is 0 Å². The largest absolute Gasteiger partial charge is 0.398 e. The van der Waals surface area contributed by atoms with Crippen LogP contribution in [-0.2, 0) is 0 Å². The Bertz CT molecular complexity index is 827. The second-order valence-electron chi connectivity index (χ2n) is 5.03. The molecule has 0 fully saturated rings. The van der Waals surface area contributed by atoms with Crippen LogP contribution in [-0.4, -0.2) is 17.7 Å². The van der Waals surface area contributed by atoms with Crippen molar-refractivity contribution in [1.82, 2.24) is 5.32 Å². The van der Waals surface area contributed by atoms with E-state index >= 15 is 0 Å². The summed E-state index contributed by atoms with van der Waals surface area (Å²) in [7, 11) is 0. The van der Waals surface area contributed by atoms with Crippen LogP contribution in [0.3, 0.4) is 0 Å². The summed E-state index contributed by atoms with van der Waals surface area (Å²) >= 11 is 0. The van der Waals surface area contributed by atoms with E-state index in [1.807, 2.05) is 13.0 Å². The van der Waals surface area contributed by atoms with Gasteiger partial charge in [0.05, 0.1) is 16.7 Å². The van der Waals surface area contributed by atoms with Crippen LogP contribution in [0.15, 0.2) is 36.4 Å². The molecule has 0 atom stereocenters. The molecule has 3 amide bonds. The summed E-state index contributed by atoms with van der Waals surface area (Å²) in [6.45, 7) is 1.82. The normalized spacial score (nSPS) is 12.8. The van der Waals surface area contributed by atoms with Crippen molar-refractivity contribution in [1.29, 1.82) is 0 Å². The Balaban J connectivity index is 1.90. The number of rotatable bonds is 2. The molecule has 1 heterocycles. The molecule has 0 spiro atoms. The van der Waals surface area contributed by atoms with Gasteiger partial charge in [0.1, 0.15) is 0 Å². The van der Waals surface area contributed by atoms with Crippen molar-refractivity contribution in [3.63, 3.8) is 0 Å². The van der Waals surface area contributed by atoms with Gasteiger partial charge in [-0.25, -0.2) is 0 Å². The number of benzene rings is 2. The highest BCUT2D eigenvalue weighted by atomic mass is 16.2. The van der Waals surface area contributed by atoms with E-state index < -0.39 is 11.8 Å². The van der Waals surface area contributed by atoms with Gasteiger partial charge in [-0.05, 0) is 36.8 Å². The van der Waals surface area contributed by atoms with Crippen molar-refractivity contribution in [2.24, 2.45) is 0 Å². The predicted octanol–water partition coefficient (Wildman–Crippen LogP) is 1.71. The topological polar surface area (TPSA) is 101 Å². The summed E-state index contributed by atoms with van der Waals surface area (Å²) < 4.78 is 0. The van der Waals surface area contributed by atoms with Crippen molar-refractivity contribution in [3.8, 4) is 0 Å². The van der Waals surface area contributed by atoms with Gasteiger partial charge >= 0.3 is 0 Å². The van der Waals surface area contributed by atoms with E-state index in [4.69, 9.17) is 5.73 Å².